The van der Waals surface area contributed by atoms with Gasteiger partial charge >= 0.3 is 0 Å². The molecule has 0 amide bonds. The van der Waals surface area contributed by atoms with Gasteiger partial charge in [-0.1, -0.05) is 54.1 Å². The number of aromatic nitrogens is 1. The highest BCUT2D eigenvalue weighted by Gasteiger charge is 2.08. The molecule has 23 heavy (non-hydrogen) atoms. The molecular weight excluding hydrogens is 304 g/mol. The molecule has 116 valence electrons. The fourth-order valence-electron chi connectivity index (χ4n) is 2.59. The van der Waals surface area contributed by atoms with Crippen LogP contribution in [0.3, 0.4) is 0 Å². The Hall–Kier alpha value is -2.16. The Bertz CT molecular complexity index is 754. The summed E-state index contributed by atoms with van der Waals surface area (Å²) in [5.41, 5.74) is 4.72. The molecule has 1 aromatic heterocycles. The zero-order chi connectivity index (χ0) is 16.1. The second-order valence-electron chi connectivity index (χ2n) is 5.52. The van der Waals surface area contributed by atoms with Crippen molar-refractivity contribution >= 4 is 11.6 Å². The Morgan fingerprint density at radius 1 is 0.957 bits per heavy atom. The molecule has 2 aromatic carbocycles. The number of pyridine rings is 1. The van der Waals surface area contributed by atoms with Crippen LogP contribution in [-0.4, -0.2) is 4.98 Å². The summed E-state index contributed by atoms with van der Waals surface area (Å²) in [6.45, 7) is 2.92. The molecule has 0 saturated carbocycles. The molecule has 1 atom stereocenters. The largest absolute Gasteiger partial charge is 0.305 e. The monoisotopic (exact) mass is 322 g/mol. The van der Waals surface area contributed by atoms with Gasteiger partial charge in [0.1, 0.15) is 0 Å². The Labute approximate surface area is 142 Å². The normalized spacial score (nSPS) is 12.1. The minimum Gasteiger partial charge on any atom is -0.305 e. The van der Waals surface area contributed by atoms with Crippen LogP contribution in [0, 0.1) is 0 Å². The number of halogens is 1. The maximum atomic E-state index is 5.99. The first-order valence-electron chi connectivity index (χ1n) is 7.72. The lowest BCUT2D eigenvalue weighted by molar-refractivity contribution is 0.562. The van der Waals surface area contributed by atoms with E-state index < -0.39 is 0 Å². The van der Waals surface area contributed by atoms with Crippen molar-refractivity contribution in [1.29, 1.82) is 0 Å². The topological polar surface area (TPSA) is 24.9 Å². The molecule has 0 spiro atoms. The molecule has 0 radical (unpaired) electrons. The van der Waals surface area contributed by atoms with E-state index in [4.69, 9.17) is 11.6 Å². The highest BCUT2D eigenvalue weighted by molar-refractivity contribution is 6.30. The van der Waals surface area contributed by atoms with E-state index in [1.165, 1.54) is 16.7 Å². The second-order valence-corrected chi connectivity index (χ2v) is 5.96. The summed E-state index contributed by atoms with van der Waals surface area (Å²) in [6, 6.07) is 22.6. The van der Waals surface area contributed by atoms with Gasteiger partial charge in [-0.15, -0.1) is 0 Å². The van der Waals surface area contributed by atoms with Gasteiger partial charge in [0.15, 0.2) is 0 Å². The van der Waals surface area contributed by atoms with Gasteiger partial charge in [-0.3, -0.25) is 4.98 Å². The van der Waals surface area contributed by atoms with Crippen LogP contribution in [0.4, 0.5) is 0 Å². The quantitative estimate of drug-likeness (QED) is 0.693. The van der Waals surface area contributed by atoms with Crippen LogP contribution < -0.4 is 5.32 Å². The molecular formula is C20H19ClN2. The van der Waals surface area contributed by atoms with Crippen molar-refractivity contribution < 1.29 is 0 Å². The van der Waals surface area contributed by atoms with E-state index in [-0.39, 0.29) is 6.04 Å². The SMILES string of the molecule is C[C@H](NCc1ccccc1-c1ccc(Cl)cc1)c1ccccn1. The van der Waals surface area contributed by atoms with Crippen LogP contribution in [-0.2, 0) is 6.54 Å². The van der Waals surface area contributed by atoms with E-state index in [0.717, 1.165) is 17.3 Å². The van der Waals surface area contributed by atoms with Gasteiger partial charge in [0.2, 0.25) is 0 Å². The zero-order valence-corrected chi connectivity index (χ0v) is 13.8. The number of benzene rings is 2. The maximum Gasteiger partial charge on any atom is 0.0570 e. The third-order valence-corrected chi connectivity index (χ3v) is 4.15. The van der Waals surface area contributed by atoms with Gasteiger partial charge in [0.05, 0.1) is 5.69 Å². The summed E-state index contributed by atoms with van der Waals surface area (Å²) in [6.07, 6.45) is 1.83. The summed E-state index contributed by atoms with van der Waals surface area (Å²) >= 11 is 5.99. The molecule has 0 aliphatic rings. The van der Waals surface area contributed by atoms with Gasteiger partial charge in [-0.25, -0.2) is 0 Å². The number of nitrogens with zero attached hydrogens (tertiary/aromatic N) is 1. The van der Waals surface area contributed by atoms with Crippen molar-refractivity contribution in [2.45, 2.75) is 19.5 Å². The first-order valence-corrected chi connectivity index (χ1v) is 8.10. The molecule has 1 heterocycles. The van der Waals surface area contributed by atoms with Gasteiger partial charge in [-0.05, 0) is 47.9 Å². The third-order valence-electron chi connectivity index (χ3n) is 3.90. The Kier molecular flexibility index (Phi) is 5.06. The van der Waals surface area contributed by atoms with Crippen LogP contribution >= 0.6 is 11.6 Å². The standard InChI is InChI=1S/C20H19ClN2/c1-15(20-8-4-5-13-22-20)23-14-17-6-2-3-7-19(17)16-9-11-18(21)12-10-16/h2-13,15,23H,14H2,1H3/t15-/m0/s1. The molecule has 0 unspecified atom stereocenters. The van der Waals surface area contributed by atoms with E-state index in [1.54, 1.807) is 0 Å². The van der Waals surface area contributed by atoms with Gasteiger partial charge in [-0.2, -0.15) is 0 Å². The summed E-state index contributed by atoms with van der Waals surface area (Å²) in [7, 11) is 0. The van der Waals surface area contributed by atoms with E-state index in [2.05, 4.69) is 53.6 Å². The lowest BCUT2D eigenvalue weighted by atomic mass is 9.99. The predicted octanol–water partition coefficient (Wildman–Crippen LogP) is 5.25. The highest BCUT2D eigenvalue weighted by atomic mass is 35.5. The molecule has 3 heteroatoms. The van der Waals surface area contributed by atoms with Gasteiger partial charge in [0, 0.05) is 23.8 Å². The van der Waals surface area contributed by atoms with E-state index in [0.29, 0.717) is 0 Å². The lowest BCUT2D eigenvalue weighted by Gasteiger charge is -2.15. The van der Waals surface area contributed by atoms with Crippen LogP contribution in [0.1, 0.15) is 24.2 Å². The Morgan fingerprint density at radius 2 is 1.70 bits per heavy atom. The van der Waals surface area contributed by atoms with Crippen LogP contribution in [0.25, 0.3) is 11.1 Å². The van der Waals surface area contributed by atoms with Crippen molar-refractivity contribution in [3.63, 3.8) is 0 Å². The first kappa shape index (κ1) is 15.7. The fraction of sp³-hybridized carbons (Fsp3) is 0.150. The van der Waals surface area contributed by atoms with Crippen molar-refractivity contribution in [2.24, 2.45) is 0 Å². The van der Waals surface area contributed by atoms with Crippen LogP contribution in [0.2, 0.25) is 5.02 Å². The fourth-order valence-corrected chi connectivity index (χ4v) is 2.71. The Morgan fingerprint density at radius 3 is 2.43 bits per heavy atom. The lowest BCUT2D eigenvalue weighted by Crippen LogP contribution is -2.19. The van der Waals surface area contributed by atoms with E-state index >= 15 is 0 Å². The highest BCUT2D eigenvalue weighted by Crippen LogP contribution is 2.25. The summed E-state index contributed by atoms with van der Waals surface area (Å²) in [4.78, 5) is 4.40. The minimum absolute atomic E-state index is 0.203. The van der Waals surface area contributed by atoms with Crippen LogP contribution in [0.15, 0.2) is 72.9 Å². The molecule has 2 nitrogen and oxygen atoms in total. The van der Waals surface area contributed by atoms with Crippen molar-refractivity contribution in [1.82, 2.24) is 10.3 Å². The third kappa shape index (κ3) is 3.98. The number of rotatable bonds is 5. The minimum atomic E-state index is 0.203. The maximum absolute atomic E-state index is 5.99. The van der Waals surface area contributed by atoms with Gasteiger partial charge in [0.25, 0.3) is 0 Å². The first-order chi connectivity index (χ1) is 11.2. The molecule has 0 aliphatic heterocycles. The summed E-state index contributed by atoms with van der Waals surface area (Å²) < 4.78 is 0. The van der Waals surface area contributed by atoms with Crippen molar-refractivity contribution in [3.05, 3.63) is 89.2 Å². The molecule has 3 rings (SSSR count). The Balaban J connectivity index is 1.77. The van der Waals surface area contributed by atoms with Crippen LogP contribution in [0.5, 0.6) is 0 Å². The number of hydrogen-bond donors (Lipinski definition) is 1. The average Bonchev–Trinajstić information content (AvgIpc) is 2.61. The van der Waals surface area contributed by atoms with E-state index in [1.807, 2.05) is 36.5 Å². The number of nitrogens with one attached hydrogen (secondary N) is 1. The molecule has 0 bridgehead atoms. The summed E-state index contributed by atoms with van der Waals surface area (Å²) in [5, 5.41) is 4.31. The molecule has 3 aromatic rings. The van der Waals surface area contributed by atoms with Crippen molar-refractivity contribution in [3.8, 4) is 11.1 Å². The predicted molar refractivity (Wildman–Crippen MR) is 96.4 cm³/mol. The second kappa shape index (κ2) is 7.40. The average molecular weight is 323 g/mol. The van der Waals surface area contributed by atoms with E-state index in [9.17, 15) is 0 Å². The zero-order valence-electron chi connectivity index (χ0n) is 13.0. The summed E-state index contributed by atoms with van der Waals surface area (Å²) in [5.74, 6) is 0. The smallest absolute Gasteiger partial charge is 0.0570 e. The molecule has 0 aliphatic carbocycles. The van der Waals surface area contributed by atoms with Crippen molar-refractivity contribution in [2.75, 3.05) is 0 Å². The molecule has 0 fully saturated rings. The van der Waals surface area contributed by atoms with Gasteiger partial charge < -0.3 is 5.32 Å². The molecule has 1 N–H and O–H groups in total. The number of hydrogen-bond acceptors (Lipinski definition) is 2. The molecule has 0 saturated heterocycles.